The minimum atomic E-state index is -1.23. The number of hydrogen-bond donors (Lipinski definition) is 5. The van der Waals surface area contributed by atoms with Crippen LogP contribution < -0.4 is 39.1 Å². The number of aromatic nitrogens is 17. The Morgan fingerprint density at radius 3 is 1.30 bits per heavy atom. The van der Waals surface area contributed by atoms with Gasteiger partial charge in [0.1, 0.15) is 34.0 Å². The van der Waals surface area contributed by atoms with Crippen molar-refractivity contribution in [2.45, 2.75) is 127 Å². The highest BCUT2D eigenvalue weighted by molar-refractivity contribution is 5.89. The third-order valence-electron chi connectivity index (χ3n) is 16.2. The zero-order valence-corrected chi connectivity index (χ0v) is 58.9. The first-order chi connectivity index (χ1) is 52.0. The first kappa shape index (κ1) is 77.0. The molecule has 1 amide bonds. The first-order valence-electron chi connectivity index (χ1n) is 34.1. The van der Waals surface area contributed by atoms with E-state index in [1.165, 1.54) is 115 Å². The fourth-order valence-electron chi connectivity index (χ4n) is 9.67. The molecule has 11 heterocycles. The van der Waals surface area contributed by atoms with E-state index in [1.807, 2.05) is 80.4 Å². The quantitative estimate of drug-likeness (QED) is 0.0248. The Hall–Kier alpha value is -13.7. The van der Waals surface area contributed by atoms with E-state index in [1.54, 1.807) is 59.7 Å². The molecule has 11 aromatic rings. The Labute approximate surface area is 611 Å². The molecule has 17 rings (SSSR count). The second-order valence-corrected chi connectivity index (χ2v) is 25.4. The summed E-state index contributed by atoms with van der Waals surface area (Å²) in [7, 11) is 2.45. The van der Waals surface area contributed by atoms with Crippen LogP contribution in [-0.4, -0.2) is 142 Å². The third-order valence-corrected chi connectivity index (χ3v) is 16.2. The number of nitrogens with zero attached hydrogens (tertiary/aromatic N) is 18. The fraction of sp³-hybridized carbons (Fsp3) is 0.348. The lowest BCUT2D eigenvalue weighted by Crippen LogP contribution is -2.25. The minimum absolute atomic E-state index is 0.00553. The summed E-state index contributed by atoms with van der Waals surface area (Å²) in [5.74, 6) is 0.320. The largest absolute Gasteiger partial charge is 0.477 e. The van der Waals surface area contributed by atoms with Crippen LogP contribution in [0.15, 0.2) is 183 Å². The smallest absolute Gasteiger partial charge is 0.411 e. The maximum Gasteiger partial charge on any atom is 0.411 e. The molecule has 0 radical (unpaired) electrons. The van der Waals surface area contributed by atoms with Gasteiger partial charge in [-0.3, -0.25) is 56.8 Å². The summed E-state index contributed by atoms with van der Waals surface area (Å²) in [6.07, 6.45) is 31.7. The highest BCUT2D eigenvalue weighted by Gasteiger charge is 2.30. The Bertz CT molecular complexity index is 5100. The summed E-state index contributed by atoms with van der Waals surface area (Å²) in [6.45, 7) is 4.19. The molecule has 0 aromatic carbocycles. The molecule has 0 aliphatic heterocycles. The number of aromatic carboxylic acids is 1. The van der Waals surface area contributed by atoms with Crippen LogP contribution in [0.1, 0.15) is 158 Å². The van der Waals surface area contributed by atoms with E-state index in [2.05, 4.69) is 60.0 Å². The summed E-state index contributed by atoms with van der Waals surface area (Å²) in [5, 5.41) is 61.9. The normalized spacial score (nSPS) is 14.3. The van der Waals surface area contributed by atoms with Crippen molar-refractivity contribution in [1.29, 1.82) is 0 Å². The van der Waals surface area contributed by atoms with Gasteiger partial charge in [-0.2, -0.15) is 30.2 Å². The molecule has 0 bridgehead atoms. The lowest BCUT2D eigenvalue weighted by Gasteiger charge is -2.09. The average Bonchev–Trinajstić information content (AvgIpc) is 1.67. The standard InChI is InChI=1S/C16H20N4O3.C13H13N3O3.C12H11N3O3.C7H6O4.C6H7N3O2.2C6H9N3.C3H3N3O2/c1-11(2)10-23-16(22)17-13-4-3-8-19(15(13)21)14-7-9-20(18-14)12-5-6-12;1-19-13(18)10-3-2-7-15(12(10)17)11-6-8-16(14-11)9-4-5-9;16-11-9(12(17)18)2-1-6-14(11)10-5-7-15(13-10)8-3-4-8;1-10-6(8)5-3-2-4-11-7(5)9;10-9(11)6-3-4-8(7-6)5-1-2-5;2*7-6-3-4-9(8-6)5-1-2-5;7-6(8)3-1-2-4-5-3/h3-4,7-9,11-12H,5-6,10H2,1-2H3,(H,17,22);2-3,6-9H,4-5H2,1H3;1-2,5-8H,3-4H2,(H,17,18);2-4H,1H3;3-5H,1-2H2;2*3-5H,1-2H2,(H2,7,8);1-2H,(H,4,5). The Kier molecular flexibility index (Phi) is 25.4. The lowest BCUT2D eigenvalue weighted by atomic mass is 10.2. The number of hydrogen-bond acceptors (Lipinski definition) is 25. The number of nitrogen functional groups attached to an aromatic ring is 2. The van der Waals surface area contributed by atoms with Gasteiger partial charge in [0.25, 0.3) is 16.7 Å². The van der Waals surface area contributed by atoms with Crippen LogP contribution in [-0.2, 0) is 14.2 Å². The van der Waals surface area contributed by atoms with E-state index in [0.717, 1.165) is 51.4 Å². The van der Waals surface area contributed by atoms with Gasteiger partial charge >= 0.3 is 41.3 Å². The number of carbonyl (C=O) groups excluding carboxylic acids is 3. The van der Waals surface area contributed by atoms with Crippen molar-refractivity contribution >= 4 is 53.0 Å². The number of pyridine rings is 3. The fourth-order valence-corrected chi connectivity index (χ4v) is 9.67. The number of aromatic amines is 1. The van der Waals surface area contributed by atoms with Gasteiger partial charge in [0.2, 0.25) is 0 Å². The number of H-pyrrole nitrogens is 1. The molecule has 6 aliphatic carbocycles. The highest BCUT2D eigenvalue weighted by Crippen LogP contribution is 2.37. The molecule has 6 saturated carbocycles. The van der Waals surface area contributed by atoms with Gasteiger partial charge < -0.3 is 55.4 Å². The minimum Gasteiger partial charge on any atom is -0.477 e. The number of ether oxygens (including phenoxy) is 3. The summed E-state index contributed by atoms with van der Waals surface area (Å²) < 4.78 is 33.5. The van der Waals surface area contributed by atoms with Crippen LogP contribution in [0.3, 0.4) is 0 Å². The second kappa shape index (κ2) is 35.7. The number of nitrogens with one attached hydrogen (secondary N) is 2. The SMILES string of the molecule is CC(C)COC(=O)Nc1cccn(-c2ccn(C3CC3)n2)c1=O.COC(=O)c1cccn(-c2ccn(C3CC3)n2)c1=O.COC(=O)c1cccoc1=O.Nc1ccn(C2CC2)n1.Nc1ccn(C2CC2)n1.O=C(O)c1cccn(-c2ccn(C3CC3)n2)c1=O.O=[N+]([O-])c1ccn(C2CC2)n1.O=[N+]([O-])c1ccn[nH]1. The van der Waals surface area contributed by atoms with Crippen molar-refractivity contribution in [3.8, 4) is 17.5 Å². The maximum atomic E-state index is 12.5. The molecule has 0 saturated heterocycles. The Morgan fingerprint density at radius 2 is 0.926 bits per heavy atom. The summed E-state index contributed by atoms with van der Waals surface area (Å²) in [6, 6.07) is 26.6. The van der Waals surface area contributed by atoms with Crippen molar-refractivity contribution in [3.05, 3.63) is 238 Å². The molecule has 7 N–H and O–H groups in total. The summed E-state index contributed by atoms with van der Waals surface area (Å²) in [5.41, 5.74) is 8.66. The molecule has 39 nitrogen and oxygen atoms in total. The molecular formula is C69H78N22O17. The monoisotopic (exact) mass is 1490 g/mol. The van der Waals surface area contributed by atoms with Crippen LogP contribution in [0.4, 0.5) is 33.8 Å². The van der Waals surface area contributed by atoms with Gasteiger partial charge in [0.05, 0.1) is 93.0 Å². The predicted octanol–water partition coefficient (Wildman–Crippen LogP) is 8.27. The molecule has 0 atom stereocenters. The Balaban J connectivity index is 0.000000135. The molecule has 566 valence electrons. The maximum absolute atomic E-state index is 12.5. The second-order valence-electron chi connectivity index (χ2n) is 25.4. The van der Waals surface area contributed by atoms with Crippen LogP contribution in [0, 0.1) is 26.1 Å². The number of nitrogens with two attached hydrogens (primary N) is 2. The third kappa shape index (κ3) is 22.0. The van der Waals surface area contributed by atoms with Crippen LogP contribution in [0.2, 0.25) is 0 Å². The van der Waals surface area contributed by atoms with Gasteiger partial charge in [-0.25, -0.2) is 24.0 Å². The number of nitro groups is 2. The molecule has 6 aliphatic rings. The molecule has 6 fully saturated rings. The number of rotatable bonds is 17. The van der Waals surface area contributed by atoms with Gasteiger partial charge in [-0.15, -0.1) is 5.10 Å². The number of carboxylic acid groups (broad SMARTS) is 1. The summed E-state index contributed by atoms with van der Waals surface area (Å²) in [4.78, 5) is 111. The summed E-state index contributed by atoms with van der Waals surface area (Å²) >= 11 is 0. The molecular weight excluding hydrogens is 1410 g/mol. The molecule has 0 spiro atoms. The van der Waals surface area contributed by atoms with Crippen molar-refractivity contribution in [2.75, 3.05) is 37.6 Å². The number of esters is 2. The van der Waals surface area contributed by atoms with Crippen LogP contribution in [0.5, 0.6) is 0 Å². The van der Waals surface area contributed by atoms with E-state index in [4.69, 9.17) is 21.3 Å². The molecule has 11 aromatic heterocycles. The van der Waals surface area contributed by atoms with Crippen LogP contribution >= 0.6 is 0 Å². The number of anilines is 3. The van der Waals surface area contributed by atoms with Crippen molar-refractivity contribution in [1.82, 2.24) is 82.6 Å². The molecule has 0 unspecified atom stereocenters. The van der Waals surface area contributed by atoms with Gasteiger partial charge in [0.15, 0.2) is 17.5 Å². The Morgan fingerprint density at radius 1 is 0.528 bits per heavy atom. The van der Waals surface area contributed by atoms with E-state index in [-0.39, 0.29) is 45.5 Å². The van der Waals surface area contributed by atoms with Gasteiger partial charge in [-0.1, -0.05) is 18.9 Å². The molecule has 108 heavy (non-hydrogen) atoms. The van der Waals surface area contributed by atoms with Crippen molar-refractivity contribution in [3.63, 3.8) is 0 Å². The van der Waals surface area contributed by atoms with E-state index < -0.39 is 50.6 Å². The van der Waals surface area contributed by atoms with E-state index in [9.17, 15) is 58.6 Å². The number of amides is 1. The topological polar surface area (TPSA) is 498 Å². The first-order valence-corrected chi connectivity index (χ1v) is 34.1. The van der Waals surface area contributed by atoms with Crippen molar-refractivity contribution in [2.24, 2.45) is 5.92 Å². The predicted molar refractivity (Wildman–Crippen MR) is 385 cm³/mol. The molecule has 39 heteroatoms. The average molecular weight is 1490 g/mol. The number of carboxylic acids is 1. The van der Waals surface area contributed by atoms with Crippen molar-refractivity contribution < 1.29 is 52.8 Å². The van der Waals surface area contributed by atoms with E-state index >= 15 is 0 Å². The van der Waals surface area contributed by atoms with Crippen LogP contribution in [0.25, 0.3) is 17.5 Å². The zero-order chi connectivity index (χ0) is 77.1. The zero-order valence-electron chi connectivity index (χ0n) is 58.9. The number of methoxy groups -OCH3 is 2. The van der Waals surface area contributed by atoms with E-state index in [0.29, 0.717) is 71.9 Å². The highest BCUT2D eigenvalue weighted by atomic mass is 16.6. The van der Waals surface area contributed by atoms with Gasteiger partial charge in [0, 0.05) is 67.8 Å². The van der Waals surface area contributed by atoms with Gasteiger partial charge in [-0.05, 0) is 153 Å². The number of carbonyl (C=O) groups is 4. The lowest BCUT2D eigenvalue weighted by molar-refractivity contribution is -0.389.